The third-order valence-electron chi connectivity index (χ3n) is 5.88. The average molecular weight is 484 g/mol. The van der Waals surface area contributed by atoms with Crippen LogP contribution in [0.3, 0.4) is 0 Å². The Morgan fingerprint density at radius 1 is 0.969 bits per heavy atom. The Labute approximate surface area is 192 Å². The number of likely N-dealkylation sites (tertiary alicyclic amines) is 1. The largest absolute Gasteiger partial charge is 0.453 e. The van der Waals surface area contributed by atoms with Gasteiger partial charge in [0.25, 0.3) is 0 Å². The summed E-state index contributed by atoms with van der Waals surface area (Å²) in [5.41, 5.74) is 0.137. The summed E-state index contributed by atoms with van der Waals surface area (Å²) in [6.45, 7) is 2.82. The van der Waals surface area contributed by atoms with Crippen molar-refractivity contribution in [2.24, 2.45) is 0 Å². The van der Waals surface area contributed by atoms with Crippen LogP contribution in [-0.4, -0.2) is 49.8 Å². The minimum atomic E-state index is -3.99. The molecule has 32 heavy (non-hydrogen) atoms. The van der Waals surface area contributed by atoms with Crippen molar-refractivity contribution in [3.05, 3.63) is 53.6 Å². The van der Waals surface area contributed by atoms with Gasteiger partial charge in [0.15, 0.2) is 11.6 Å². The normalized spacial score (nSPS) is 18.2. The van der Waals surface area contributed by atoms with Gasteiger partial charge in [-0.15, -0.1) is 12.4 Å². The van der Waals surface area contributed by atoms with Crippen molar-refractivity contribution < 1.29 is 21.9 Å². The van der Waals surface area contributed by atoms with E-state index in [1.807, 2.05) is 6.07 Å². The van der Waals surface area contributed by atoms with Gasteiger partial charge in [-0.1, -0.05) is 0 Å². The second-order valence-corrected chi connectivity index (χ2v) is 9.73. The van der Waals surface area contributed by atoms with Crippen LogP contribution in [0.2, 0.25) is 0 Å². The lowest BCUT2D eigenvalue weighted by Gasteiger charge is -2.36. The minimum absolute atomic E-state index is 0. The molecule has 2 saturated heterocycles. The lowest BCUT2D eigenvalue weighted by Crippen LogP contribution is -2.45. The summed E-state index contributed by atoms with van der Waals surface area (Å²) in [5, 5.41) is 9.24. The van der Waals surface area contributed by atoms with E-state index >= 15 is 0 Å². The molecule has 2 aliphatic rings. The van der Waals surface area contributed by atoms with Crippen molar-refractivity contribution >= 4 is 22.4 Å². The zero-order valence-electron chi connectivity index (χ0n) is 17.3. The molecule has 10 heteroatoms. The fraction of sp³-hybridized carbons (Fsp3) is 0.409. The molecule has 2 fully saturated rings. The number of piperidine rings is 1. The van der Waals surface area contributed by atoms with E-state index < -0.39 is 27.4 Å². The van der Waals surface area contributed by atoms with E-state index in [9.17, 15) is 22.5 Å². The third kappa shape index (κ3) is 5.04. The molecule has 0 saturated carbocycles. The van der Waals surface area contributed by atoms with Gasteiger partial charge in [0.05, 0.1) is 11.6 Å². The first-order chi connectivity index (χ1) is 14.9. The lowest BCUT2D eigenvalue weighted by atomic mass is 10.1. The van der Waals surface area contributed by atoms with Crippen molar-refractivity contribution in [3.63, 3.8) is 0 Å². The molecule has 0 aromatic heterocycles. The number of nitriles is 1. The monoisotopic (exact) mass is 483 g/mol. The molecule has 2 aliphatic heterocycles. The van der Waals surface area contributed by atoms with Crippen LogP contribution in [0, 0.1) is 23.0 Å². The van der Waals surface area contributed by atoms with Gasteiger partial charge in [0.2, 0.25) is 10.0 Å². The third-order valence-corrected chi connectivity index (χ3v) is 7.80. The number of sulfonamides is 1. The predicted octanol–water partition coefficient (Wildman–Crippen LogP) is 4.30. The molecule has 0 unspecified atom stereocenters. The summed E-state index contributed by atoms with van der Waals surface area (Å²) in [4.78, 5) is 2.19. The summed E-state index contributed by atoms with van der Waals surface area (Å²) in [7, 11) is -3.99. The molecular formula is C22H24ClF2N3O3S. The van der Waals surface area contributed by atoms with Gasteiger partial charge in [-0.3, -0.25) is 0 Å². The van der Waals surface area contributed by atoms with Crippen LogP contribution in [0.5, 0.6) is 11.5 Å². The lowest BCUT2D eigenvalue weighted by molar-refractivity contribution is 0.167. The first kappa shape index (κ1) is 24.4. The van der Waals surface area contributed by atoms with Crippen molar-refractivity contribution in [2.75, 3.05) is 26.2 Å². The molecule has 6 nitrogen and oxygen atoms in total. The van der Waals surface area contributed by atoms with Gasteiger partial charge in [-0.2, -0.15) is 9.57 Å². The van der Waals surface area contributed by atoms with Crippen LogP contribution in [0.15, 0.2) is 41.3 Å². The fourth-order valence-electron chi connectivity index (χ4n) is 4.23. The van der Waals surface area contributed by atoms with Crippen LogP contribution in [0.1, 0.15) is 31.2 Å². The molecule has 0 radical (unpaired) electrons. The molecule has 0 amide bonds. The highest BCUT2D eigenvalue weighted by atomic mass is 35.5. The summed E-state index contributed by atoms with van der Waals surface area (Å²) in [6.07, 6.45) is 3.81. The molecule has 0 N–H and O–H groups in total. The summed E-state index contributed by atoms with van der Waals surface area (Å²) < 4.78 is 61.2. The number of hydrogen-bond acceptors (Lipinski definition) is 5. The standard InChI is InChI=1S/C22H23F2N3O3S.ClH/c23-17-4-5-19(24)21(14-17)30-20-6-3-16(15-25)13-22(20)31(28,29)27-11-7-18(8-12-27)26-9-1-2-10-26;/h3-6,13-14,18H,1-2,7-12H2;1H. The van der Waals surface area contributed by atoms with Gasteiger partial charge in [0, 0.05) is 25.2 Å². The molecule has 2 aromatic rings. The van der Waals surface area contributed by atoms with E-state index in [0.29, 0.717) is 19.1 Å². The molecular weight excluding hydrogens is 460 g/mol. The number of halogens is 3. The van der Waals surface area contributed by atoms with E-state index in [4.69, 9.17) is 4.74 Å². The second-order valence-electron chi connectivity index (χ2n) is 7.83. The Balaban J connectivity index is 0.00000289. The Morgan fingerprint density at radius 2 is 1.66 bits per heavy atom. The van der Waals surface area contributed by atoms with Crippen LogP contribution in [0.25, 0.3) is 0 Å². The summed E-state index contributed by atoms with van der Waals surface area (Å²) >= 11 is 0. The smallest absolute Gasteiger partial charge is 0.246 e. The Hall–Kier alpha value is -2.25. The van der Waals surface area contributed by atoms with Crippen LogP contribution < -0.4 is 4.74 Å². The SMILES string of the molecule is Cl.N#Cc1ccc(Oc2cc(F)ccc2F)c(S(=O)(=O)N2CCC(N3CCCC3)CC2)c1. The van der Waals surface area contributed by atoms with Crippen molar-refractivity contribution in [1.29, 1.82) is 5.26 Å². The van der Waals surface area contributed by atoms with E-state index in [2.05, 4.69) is 4.90 Å². The maximum atomic E-state index is 14.1. The maximum Gasteiger partial charge on any atom is 0.246 e. The molecule has 2 heterocycles. The number of benzene rings is 2. The number of ether oxygens (including phenoxy) is 1. The van der Waals surface area contributed by atoms with Crippen molar-refractivity contribution in [3.8, 4) is 17.6 Å². The quantitative estimate of drug-likeness (QED) is 0.634. The van der Waals surface area contributed by atoms with Crippen LogP contribution in [-0.2, 0) is 10.0 Å². The van der Waals surface area contributed by atoms with Crippen molar-refractivity contribution in [1.82, 2.24) is 9.21 Å². The second kappa shape index (κ2) is 10.1. The van der Waals surface area contributed by atoms with Gasteiger partial charge < -0.3 is 9.64 Å². The maximum absolute atomic E-state index is 14.1. The Morgan fingerprint density at radius 3 is 2.31 bits per heavy atom. The van der Waals surface area contributed by atoms with Crippen LogP contribution >= 0.6 is 12.4 Å². The number of rotatable bonds is 5. The van der Waals surface area contributed by atoms with Crippen molar-refractivity contribution in [2.45, 2.75) is 36.6 Å². The molecule has 2 aromatic carbocycles. The van der Waals surface area contributed by atoms with E-state index in [1.165, 1.54) is 35.3 Å². The van der Waals surface area contributed by atoms with E-state index in [-0.39, 0.29) is 28.6 Å². The molecule has 172 valence electrons. The molecule has 0 aliphatic carbocycles. The Bertz CT molecular complexity index is 1110. The van der Waals surface area contributed by atoms with Gasteiger partial charge >= 0.3 is 0 Å². The zero-order chi connectivity index (χ0) is 22.0. The van der Waals surface area contributed by atoms with Gasteiger partial charge in [0.1, 0.15) is 16.5 Å². The predicted molar refractivity (Wildman–Crippen MR) is 117 cm³/mol. The summed E-state index contributed by atoms with van der Waals surface area (Å²) in [5.74, 6) is -2.10. The summed E-state index contributed by atoms with van der Waals surface area (Å²) in [6, 6.07) is 8.89. The van der Waals surface area contributed by atoms with Gasteiger partial charge in [-0.05, 0) is 69.1 Å². The van der Waals surface area contributed by atoms with Gasteiger partial charge in [-0.25, -0.2) is 17.2 Å². The van der Waals surface area contributed by atoms with E-state index in [0.717, 1.165) is 44.1 Å². The highest BCUT2D eigenvalue weighted by Gasteiger charge is 2.34. The number of nitrogens with zero attached hydrogens (tertiary/aromatic N) is 3. The first-order valence-corrected chi connectivity index (χ1v) is 11.7. The molecule has 4 rings (SSSR count). The molecule has 0 bridgehead atoms. The minimum Gasteiger partial charge on any atom is -0.453 e. The zero-order valence-corrected chi connectivity index (χ0v) is 19.0. The van der Waals surface area contributed by atoms with Crippen LogP contribution in [0.4, 0.5) is 8.78 Å². The average Bonchev–Trinajstić information content (AvgIpc) is 3.31. The first-order valence-electron chi connectivity index (χ1n) is 10.3. The Kier molecular flexibility index (Phi) is 7.72. The fourth-order valence-corrected chi connectivity index (χ4v) is 5.84. The highest BCUT2D eigenvalue weighted by molar-refractivity contribution is 7.89. The number of hydrogen-bond donors (Lipinski definition) is 0. The molecule has 0 spiro atoms. The molecule has 0 atom stereocenters. The topological polar surface area (TPSA) is 73.6 Å². The van der Waals surface area contributed by atoms with E-state index in [1.54, 1.807) is 0 Å². The highest BCUT2D eigenvalue weighted by Crippen LogP contribution is 2.34.